The van der Waals surface area contributed by atoms with Gasteiger partial charge in [0.2, 0.25) is 11.8 Å². The molecule has 39 heavy (non-hydrogen) atoms. The van der Waals surface area contributed by atoms with Gasteiger partial charge in [-0.2, -0.15) is 0 Å². The van der Waals surface area contributed by atoms with Crippen LogP contribution in [0.1, 0.15) is 30.5 Å². The number of hydrogen-bond donors (Lipinski definition) is 1. The number of likely N-dealkylation sites (N-methyl/N-ethyl adjacent to an activating group) is 1. The van der Waals surface area contributed by atoms with Crippen molar-refractivity contribution in [3.8, 4) is 0 Å². The van der Waals surface area contributed by atoms with Gasteiger partial charge in [0.15, 0.2) is 0 Å². The van der Waals surface area contributed by atoms with Crippen molar-refractivity contribution in [3.63, 3.8) is 0 Å². The molecule has 208 valence electrons. The highest BCUT2D eigenvalue weighted by atomic mass is 35.5. The average Bonchev–Trinajstić information content (AvgIpc) is 2.88. The number of aryl methyl sites for hydroxylation is 2. The van der Waals surface area contributed by atoms with E-state index < -0.39 is 34.4 Å². The summed E-state index contributed by atoms with van der Waals surface area (Å²) in [5.74, 6) is -1.01. The lowest BCUT2D eigenvalue weighted by Crippen LogP contribution is -2.51. The third-order valence-electron chi connectivity index (χ3n) is 6.37. The molecule has 0 spiro atoms. The first-order valence-electron chi connectivity index (χ1n) is 12.2. The maximum absolute atomic E-state index is 13.9. The van der Waals surface area contributed by atoms with Crippen LogP contribution in [-0.2, 0) is 26.2 Å². The first-order valence-corrected chi connectivity index (χ1v) is 14.8. The Hall–Kier alpha value is -2.78. The van der Waals surface area contributed by atoms with Gasteiger partial charge in [-0.05, 0) is 87.4 Å². The summed E-state index contributed by atoms with van der Waals surface area (Å²) in [4.78, 5) is 28.0. The van der Waals surface area contributed by atoms with Gasteiger partial charge in [-0.1, -0.05) is 46.9 Å². The smallest absolute Gasteiger partial charge is 0.264 e. The predicted molar refractivity (Wildman–Crippen MR) is 157 cm³/mol. The monoisotopic (exact) mass is 609 g/mol. The number of nitrogens with one attached hydrogen (secondary N) is 1. The molecule has 11 heteroatoms. The summed E-state index contributed by atoms with van der Waals surface area (Å²) in [5.41, 5.74) is 2.58. The van der Waals surface area contributed by atoms with Crippen LogP contribution >= 0.6 is 34.8 Å². The fourth-order valence-corrected chi connectivity index (χ4v) is 5.95. The molecule has 0 saturated heterocycles. The average molecular weight is 611 g/mol. The van der Waals surface area contributed by atoms with Crippen molar-refractivity contribution < 1.29 is 18.0 Å². The van der Waals surface area contributed by atoms with Gasteiger partial charge in [-0.15, -0.1) is 0 Å². The summed E-state index contributed by atoms with van der Waals surface area (Å²) in [5, 5.41) is 3.73. The summed E-state index contributed by atoms with van der Waals surface area (Å²) >= 11 is 18.8. The lowest BCUT2D eigenvalue weighted by Gasteiger charge is -2.32. The zero-order valence-corrected chi connectivity index (χ0v) is 25.1. The summed E-state index contributed by atoms with van der Waals surface area (Å²) < 4.78 is 28.8. The molecule has 0 heterocycles. The number of sulfonamides is 1. The molecule has 1 atom stereocenters. The third-order valence-corrected chi connectivity index (χ3v) is 9.12. The molecule has 0 aliphatic carbocycles. The van der Waals surface area contributed by atoms with E-state index in [0.717, 1.165) is 15.4 Å². The molecule has 0 aliphatic rings. The van der Waals surface area contributed by atoms with Crippen LogP contribution in [0.5, 0.6) is 0 Å². The highest BCUT2D eigenvalue weighted by Crippen LogP contribution is 2.29. The second-order valence-corrected chi connectivity index (χ2v) is 12.1. The molecule has 3 aromatic rings. The fraction of sp³-hybridized carbons (Fsp3) is 0.286. The Morgan fingerprint density at radius 1 is 0.923 bits per heavy atom. The van der Waals surface area contributed by atoms with E-state index in [1.807, 2.05) is 13.8 Å². The first kappa shape index (κ1) is 30.8. The summed E-state index contributed by atoms with van der Waals surface area (Å²) in [6, 6.07) is 14.8. The second kappa shape index (κ2) is 13.0. The van der Waals surface area contributed by atoms with Crippen LogP contribution in [0.3, 0.4) is 0 Å². The van der Waals surface area contributed by atoms with E-state index in [-0.39, 0.29) is 11.4 Å². The molecule has 0 bridgehead atoms. The highest BCUT2D eigenvalue weighted by molar-refractivity contribution is 7.92. The molecular weight excluding hydrogens is 581 g/mol. The standard InChI is InChI=1S/C28H30Cl3N3O4S/c1-5-32-28(36)20(4)33(16-24-25(30)7-6-8-26(24)31)27(35)17-34(22-12-9-18(2)19(3)15-22)39(37,38)23-13-10-21(29)11-14-23/h6-15,20H,5,16-17H2,1-4H3,(H,32,36)/t20-/m1/s1. The Kier molecular flexibility index (Phi) is 10.3. The molecule has 0 aromatic heterocycles. The summed E-state index contributed by atoms with van der Waals surface area (Å²) in [7, 11) is -4.20. The molecule has 2 amide bonds. The van der Waals surface area contributed by atoms with Crippen molar-refractivity contribution in [1.82, 2.24) is 10.2 Å². The van der Waals surface area contributed by atoms with E-state index in [2.05, 4.69) is 5.32 Å². The van der Waals surface area contributed by atoms with Crippen molar-refractivity contribution in [2.45, 2.75) is 45.2 Å². The zero-order valence-electron chi connectivity index (χ0n) is 22.0. The van der Waals surface area contributed by atoms with Gasteiger partial charge in [0.25, 0.3) is 10.0 Å². The topological polar surface area (TPSA) is 86.8 Å². The van der Waals surface area contributed by atoms with Crippen molar-refractivity contribution in [2.24, 2.45) is 0 Å². The van der Waals surface area contributed by atoms with Crippen LogP contribution in [0, 0.1) is 13.8 Å². The van der Waals surface area contributed by atoms with Crippen LogP contribution in [-0.4, -0.2) is 44.3 Å². The van der Waals surface area contributed by atoms with E-state index in [4.69, 9.17) is 34.8 Å². The Morgan fingerprint density at radius 3 is 2.10 bits per heavy atom. The highest BCUT2D eigenvalue weighted by Gasteiger charge is 2.33. The summed E-state index contributed by atoms with van der Waals surface area (Å²) in [6.45, 7) is 6.79. The summed E-state index contributed by atoms with van der Waals surface area (Å²) in [6.07, 6.45) is 0. The maximum Gasteiger partial charge on any atom is 0.264 e. The number of carbonyl (C=O) groups is 2. The number of nitrogens with zero attached hydrogens (tertiary/aromatic N) is 2. The normalized spacial score (nSPS) is 12.1. The van der Waals surface area contributed by atoms with Gasteiger partial charge in [-0.25, -0.2) is 8.42 Å². The van der Waals surface area contributed by atoms with Crippen LogP contribution in [0.15, 0.2) is 65.6 Å². The molecule has 1 N–H and O–H groups in total. The molecular formula is C28H30Cl3N3O4S. The van der Waals surface area contributed by atoms with Gasteiger partial charge >= 0.3 is 0 Å². The molecule has 0 saturated carbocycles. The Balaban J connectivity index is 2.09. The lowest BCUT2D eigenvalue weighted by atomic mass is 10.1. The SMILES string of the molecule is CCNC(=O)[C@@H](C)N(Cc1c(Cl)cccc1Cl)C(=O)CN(c1ccc(C)c(C)c1)S(=O)(=O)c1ccc(Cl)cc1. The number of amides is 2. The van der Waals surface area contributed by atoms with Crippen LogP contribution in [0.4, 0.5) is 5.69 Å². The van der Waals surface area contributed by atoms with Gasteiger partial charge in [0.1, 0.15) is 12.6 Å². The Labute approximate surface area is 244 Å². The number of hydrogen-bond acceptors (Lipinski definition) is 4. The number of carbonyl (C=O) groups excluding carboxylic acids is 2. The lowest BCUT2D eigenvalue weighted by molar-refractivity contribution is -0.139. The van der Waals surface area contributed by atoms with Gasteiger partial charge in [-0.3, -0.25) is 13.9 Å². The van der Waals surface area contributed by atoms with Crippen molar-refractivity contribution in [1.29, 1.82) is 0 Å². The number of benzene rings is 3. The third kappa shape index (κ3) is 7.25. The van der Waals surface area contributed by atoms with Crippen LogP contribution in [0.2, 0.25) is 15.1 Å². The Morgan fingerprint density at radius 2 is 1.54 bits per heavy atom. The van der Waals surface area contributed by atoms with E-state index in [0.29, 0.717) is 32.9 Å². The maximum atomic E-state index is 13.9. The second-order valence-electron chi connectivity index (χ2n) is 9.03. The Bertz CT molecular complexity index is 1440. The minimum Gasteiger partial charge on any atom is -0.355 e. The van der Waals surface area contributed by atoms with Gasteiger partial charge < -0.3 is 10.2 Å². The molecule has 0 aliphatic heterocycles. The zero-order chi connectivity index (χ0) is 28.9. The van der Waals surface area contributed by atoms with E-state index in [1.54, 1.807) is 50.2 Å². The van der Waals surface area contributed by atoms with Crippen molar-refractivity contribution in [2.75, 3.05) is 17.4 Å². The molecule has 0 fully saturated rings. The largest absolute Gasteiger partial charge is 0.355 e. The van der Waals surface area contributed by atoms with Crippen LogP contribution in [0.25, 0.3) is 0 Å². The number of rotatable bonds is 10. The van der Waals surface area contributed by atoms with Crippen LogP contribution < -0.4 is 9.62 Å². The van der Waals surface area contributed by atoms with E-state index in [9.17, 15) is 18.0 Å². The number of halogens is 3. The first-order chi connectivity index (χ1) is 18.4. The molecule has 3 rings (SSSR count). The molecule has 7 nitrogen and oxygen atoms in total. The molecule has 0 unspecified atom stereocenters. The predicted octanol–water partition coefficient (Wildman–Crippen LogP) is 6.01. The van der Waals surface area contributed by atoms with Gasteiger partial charge in [0, 0.05) is 33.7 Å². The minimum atomic E-state index is -4.20. The fourth-order valence-electron chi connectivity index (χ4n) is 3.90. The molecule has 0 radical (unpaired) electrons. The quantitative estimate of drug-likeness (QED) is 0.305. The van der Waals surface area contributed by atoms with E-state index >= 15 is 0 Å². The minimum absolute atomic E-state index is 0.0320. The van der Waals surface area contributed by atoms with Gasteiger partial charge in [0.05, 0.1) is 10.6 Å². The van der Waals surface area contributed by atoms with Crippen molar-refractivity contribution >= 4 is 62.3 Å². The number of anilines is 1. The molecule has 3 aromatic carbocycles. The van der Waals surface area contributed by atoms with E-state index in [1.165, 1.54) is 29.2 Å². The van der Waals surface area contributed by atoms with Crippen molar-refractivity contribution in [3.05, 3.63) is 92.4 Å².